The van der Waals surface area contributed by atoms with E-state index in [9.17, 15) is 21.6 Å². The van der Waals surface area contributed by atoms with E-state index in [1.807, 2.05) is 0 Å². The molecule has 0 unspecified atom stereocenters. The number of hydrogen-bond acceptors (Lipinski definition) is 3. The van der Waals surface area contributed by atoms with Crippen LogP contribution in [0.4, 0.5) is 13.2 Å². The van der Waals surface area contributed by atoms with Crippen molar-refractivity contribution >= 4 is 9.84 Å². The van der Waals surface area contributed by atoms with Gasteiger partial charge in [0.25, 0.3) is 0 Å². The molecule has 1 radical (unpaired) electrons. The van der Waals surface area contributed by atoms with E-state index in [-0.39, 0.29) is 0 Å². The van der Waals surface area contributed by atoms with E-state index in [1.54, 1.807) is 6.20 Å². The summed E-state index contributed by atoms with van der Waals surface area (Å²) in [7, 11) is -3.67. The average molecular weight is 224 g/mol. The Balaban J connectivity index is 3.29. The lowest BCUT2D eigenvalue weighted by atomic mass is 10.3. The molecule has 0 spiro atoms. The molecule has 0 aromatic carbocycles. The van der Waals surface area contributed by atoms with Crippen LogP contribution in [0, 0.1) is 6.20 Å². The minimum atomic E-state index is -4.63. The molecule has 1 heterocycles. The van der Waals surface area contributed by atoms with Crippen LogP contribution in [0.15, 0.2) is 17.2 Å². The van der Waals surface area contributed by atoms with Gasteiger partial charge in [0.15, 0.2) is 9.84 Å². The Morgan fingerprint density at radius 1 is 1.43 bits per heavy atom. The molecule has 0 saturated heterocycles. The number of aromatic nitrogens is 1. The summed E-state index contributed by atoms with van der Waals surface area (Å²) >= 11 is 0. The van der Waals surface area contributed by atoms with Gasteiger partial charge in [0.1, 0.15) is 6.20 Å². The van der Waals surface area contributed by atoms with Crippen LogP contribution >= 0.6 is 0 Å². The van der Waals surface area contributed by atoms with Gasteiger partial charge in [-0.2, -0.15) is 13.2 Å². The summed E-state index contributed by atoms with van der Waals surface area (Å²) in [5.41, 5.74) is -1.19. The van der Waals surface area contributed by atoms with Gasteiger partial charge in [-0.25, -0.2) is 8.42 Å². The van der Waals surface area contributed by atoms with Gasteiger partial charge in [-0.3, -0.25) is 4.98 Å². The molecule has 1 rings (SSSR count). The third-order valence-electron chi connectivity index (χ3n) is 1.40. The number of alkyl halides is 3. The Hall–Kier alpha value is -1.11. The van der Waals surface area contributed by atoms with Crippen molar-refractivity contribution in [1.29, 1.82) is 0 Å². The van der Waals surface area contributed by atoms with E-state index in [4.69, 9.17) is 0 Å². The number of hydrogen-bond donors (Lipinski definition) is 0. The third kappa shape index (κ3) is 2.44. The third-order valence-corrected chi connectivity index (χ3v) is 2.48. The van der Waals surface area contributed by atoms with E-state index in [0.717, 1.165) is 12.5 Å². The second-order valence-corrected chi connectivity index (χ2v) is 4.62. The fourth-order valence-corrected chi connectivity index (χ4v) is 1.30. The normalized spacial score (nSPS) is 12.9. The molecular formula is C7H5F3NO2S. The van der Waals surface area contributed by atoms with Crippen molar-refractivity contribution in [3.63, 3.8) is 0 Å². The van der Waals surface area contributed by atoms with E-state index >= 15 is 0 Å². The summed E-state index contributed by atoms with van der Waals surface area (Å²) < 4.78 is 58.1. The summed E-state index contributed by atoms with van der Waals surface area (Å²) in [6.45, 7) is 0. The van der Waals surface area contributed by atoms with Gasteiger partial charge >= 0.3 is 6.18 Å². The molecule has 1 aromatic heterocycles. The van der Waals surface area contributed by atoms with Crippen molar-refractivity contribution in [1.82, 2.24) is 4.98 Å². The molecule has 0 N–H and O–H groups in total. The maximum Gasteiger partial charge on any atom is 0.418 e. The summed E-state index contributed by atoms with van der Waals surface area (Å²) in [5, 5.41) is 0. The van der Waals surface area contributed by atoms with Crippen molar-refractivity contribution < 1.29 is 21.6 Å². The molecule has 0 aliphatic rings. The maximum atomic E-state index is 12.1. The predicted octanol–water partition coefficient (Wildman–Crippen LogP) is 1.30. The van der Waals surface area contributed by atoms with Crippen LogP contribution in [0.3, 0.4) is 0 Å². The summed E-state index contributed by atoms with van der Waals surface area (Å²) in [4.78, 5) is 2.62. The van der Waals surface area contributed by atoms with Crippen molar-refractivity contribution in [3.8, 4) is 0 Å². The number of nitrogens with zero attached hydrogens (tertiary/aromatic N) is 1. The number of pyridine rings is 1. The first-order valence-corrected chi connectivity index (χ1v) is 5.25. The van der Waals surface area contributed by atoms with Gasteiger partial charge in [-0.15, -0.1) is 0 Å². The van der Waals surface area contributed by atoms with Crippen LogP contribution in [0.1, 0.15) is 5.56 Å². The Morgan fingerprint density at radius 3 is 2.43 bits per heavy atom. The van der Waals surface area contributed by atoms with Crippen molar-refractivity contribution in [3.05, 3.63) is 24.0 Å². The highest BCUT2D eigenvalue weighted by Gasteiger charge is 2.32. The molecule has 14 heavy (non-hydrogen) atoms. The van der Waals surface area contributed by atoms with Gasteiger partial charge in [0, 0.05) is 12.5 Å². The number of halogens is 3. The zero-order valence-corrected chi connectivity index (χ0v) is 7.78. The lowest BCUT2D eigenvalue weighted by Gasteiger charge is -2.05. The summed E-state index contributed by atoms with van der Waals surface area (Å²) in [6.07, 6.45) is -1.32. The Morgan fingerprint density at radius 2 is 2.00 bits per heavy atom. The molecule has 0 fully saturated rings. The quantitative estimate of drug-likeness (QED) is 0.722. The SMILES string of the molecule is CS(=O)(=O)c1cn[c]c(C(F)(F)F)c1. The van der Waals surface area contributed by atoms with E-state index in [0.29, 0.717) is 6.07 Å². The smallest absolute Gasteiger partial charge is 0.253 e. The van der Waals surface area contributed by atoms with Crippen LogP contribution < -0.4 is 0 Å². The highest BCUT2D eigenvalue weighted by atomic mass is 32.2. The number of rotatable bonds is 1. The van der Waals surface area contributed by atoms with Gasteiger partial charge < -0.3 is 0 Å². The minimum absolute atomic E-state index is 0.469. The molecule has 77 valence electrons. The molecule has 0 bridgehead atoms. The van der Waals surface area contributed by atoms with E-state index < -0.39 is 26.5 Å². The van der Waals surface area contributed by atoms with Gasteiger partial charge in [0.05, 0.1) is 10.5 Å². The Bertz CT molecular complexity index is 438. The Kier molecular flexibility index (Phi) is 2.53. The standard InChI is InChI=1S/C7H5F3NO2S/c1-14(12,13)6-2-5(3-11-4-6)7(8,9)10/h2,4H,1H3. The molecule has 0 saturated carbocycles. The zero-order valence-electron chi connectivity index (χ0n) is 6.96. The van der Waals surface area contributed by atoms with Gasteiger partial charge in [0.2, 0.25) is 0 Å². The first-order chi connectivity index (χ1) is 6.21. The van der Waals surface area contributed by atoms with Crippen LogP contribution in [0.25, 0.3) is 0 Å². The Labute approximate surface area is 78.5 Å². The molecule has 0 aliphatic carbocycles. The lowest BCUT2D eigenvalue weighted by molar-refractivity contribution is -0.138. The average Bonchev–Trinajstić information content (AvgIpc) is 2.01. The fourth-order valence-electron chi connectivity index (χ4n) is 0.725. The molecule has 0 amide bonds. The lowest BCUT2D eigenvalue weighted by Crippen LogP contribution is -2.08. The van der Waals surface area contributed by atoms with Gasteiger partial charge in [-0.05, 0) is 6.07 Å². The first kappa shape index (κ1) is 11.0. The van der Waals surface area contributed by atoms with Crippen molar-refractivity contribution in [2.75, 3.05) is 6.26 Å². The fraction of sp³-hybridized carbons (Fsp3) is 0.286. The molecular weight excluding hydrogens is 219 g/mol. The highest BCUT2D eigenvalue weighted by molar-refractivity contribution is 7.90. The highest BCUT2D eigenvalue weighted by Crippen LogP contribution is 2.29. The molecule has 1 aromatic rings. The second-order valence-electron chi connectivity index (χ2n) is 2.60. The monoisotopic (exact) mass is 224 g/mol. The van der Waals surface area contributed by atoms with Crippen molar-refractivity contribution in [2.24, 2.45) is 0 Å². The molecule has 0 aliphatic heterocycles. The minimum Gasteiger partial charge on any atom is -0.253 e. The topological polar surface area (TPSA) is 47.0 Å². The van der Waals surface area contributed by atoms with Crippen LogP contribution in [-0.2, 0) is 16.0 Å². The predicted molar refractivity (Wildman–Crippen MR) is 41.2 cm³/mol. The first-order valence-electron chi connectivity index (χ1n) is 3.36. The number of sulfone groups is 1. The van der Waals surface area contributed by atoms with Crippen LogP contribution in [0.2, 0.25) is 0 Å². The largest absolute Gasteiger partial charge is 0.418 e. The second kappa shape index (κ2) is 3.23. The van der Waals surface area contributed by atoms with E-state index in [1.165, 1.54) is 0 Å². The molecule has 7 heteroatoms. The van der Waals surface area contributed by atoms with Crippen LogP contribution in [0.5, 0.6) is 0 Å². The van der Waals surface area contributed by atoms with Crippen molar-refractivity contribution in [2.45, 2.75) is 11.1 Å². The molecule has 3 nitrogen and oxygen atoms in total. The summed E-state index contributed by atoms with van der Waals surface area (Å²) in [6, 6.07) is 0.502. The van der Waals surface area contributed by atoms with E-state index in [2.05, 4.69) is 4.98 Å². The van der Waals surface area contributed by atoms with Crippen LogP contribution in [-0.4, -0.2) is 19.7 Å². The zero-order chi connectivity index (χ0) is 11.0. The molecule has 0 atom stereocenters. The maximum absolute atomic E-state index is 12.1. The van der Waals surface area contributed by atoms with Gasteiger partial charge in [-0.1, -0.05) is 0 Å². The summed E-state index contributed by atoms with van der Waals surface area (Å²) in [5.74, 6) is 0.